The number of aryl methyl sites for hydroxylation is 1. The monoisotopic (exact) mass is 331 g/mol. The van der Waals surface area contributed by atoms with Crippen LogP contribution in [0.3, 0.4) is 0 Å². The van der Waals surface area contributed by atoms with Crippen molar-refractivity contribution in [2.45, 2.75) is 38.4 Å². The maximum atomic E-state index is 12.2. The summed E-state index contributed by atoms with van der Waals surface area (Å²) < 4.78 is 23.9. The summed E-state index contributed by atoms with van der Waals surface area (Å²) in [5, 5.41) is 10.9. The van der Waals surface area contributed by atoms with Crippen LogP contribution in [0, 0.1) is 13.8 Å². The molecule has 1 amide bonds. The molecule has 0 saturated carbocycles. The highest BCUT2D eigenvalue weighted by molar-refractivity contribution is 7.92. The van der Waals surface area contributed by atoms with Crippen LogP contribution in [0.5, 0.6) is 0 Å². The number of sulfone groups is 1. The van der Waals surface area contributed by atoms with Crippen molar-refractivity contribution < 1.29 is 23.1 Å². The lowest BCUT2D eigenvalue weighted by Gasteiger charge is -2.21. The molecule has 116 valence electrons. The molecule has 0 spiro atoms. The molecule has 0 radical (unpaired) electrons. The summed E-state index contributed by atoms with van der Waals surface area (Å²) in [6.45, 7) is 3.43. The quantitative estimate of drug-likeness (QED) is 0.882. The highest BCUT2D eigenvalue weighted by atomic mass is 32.2. The highest BCUT2D eigenvalue weighted by Crippen LogP contribution is 2.33. The maximum Gasteiger partial charge on any atom is 0.338 e. The van der Waals surface area contributed by atoms with Gasteiger partial charge in [-0.2, -0.15) is 0 Å². The molecule has 2 rings (SSSR count). The zero-order valence-corrected chi connectivity index (χ0v) is 13.4. The van der Waals surface area contributed by atoms with E-state index in [1.165, 1.54) is 0 Å². The van der Waals surface area contributed by atoms with Crippen molar-refractivity contribution in [1.29, 1.82) is 0 Å². The Kier molecular flexibility index (Phi) is 4.38. The molecule has 2 N–H and O–H groups in total. The molecule has 1 aromatic rings. The number of anilines is 1. The van der Waals surface area contributed by atoms with Crippen LogP contribution in [0.1, 0.15) is 40.1 Å². The zero-order valence-electron chi connectivity index (χ0n) is 11.8. The van der Waals surface area contributed by atoms with Gasteiger partial charge in [-0.25, -0.2) is 13.2 Å². The molecule has 8 heteroatoms. The van der Waals surface area contributed by atoms with E-state index in [9.17, 15) is 23.1 Å². The Morgan fingerprint density at radius 1 is 1.29 bits per heavy atom. The van der Waals surface area contributed by atoms with Gasteiger partial charge in [-0.1, -0.05) is 6.42 Å². The molecule has 0 aliphatic carbocycles. The average Bonchev–Trinajstić information content (AvgIpc) is 2.63. The van der Waals surface area contributed by atoms with Gasteiger partial charge in [0.15, 0.2) is 9.84 Å². The molecule has 1 saturated heterocycles. The van der Waals surface area contributed by atoms with Gasteiger partial charge in [-0.05, 0) is 32.3 Å². The lowest BCUT2D eigenvalue weighted by Crippen LogP contribution is -2.39. The number of carboxylic acids is 1. The van der Waals surface area contributed by atoms with Crippen LogP contribution < -0.4 is 5.32 Å². The molecule has 2 heterocycles. The molecular formula is C13H17NO5S2. The Morgan fingerprint density at radius 3 is 2.52 bits per heavy atom. The number of nitrogens with one attached hydrogen (secondary N) is 1. The number of hydrogen-bond donors (Lipinski definition) is 2. The second-order valence-electron chi connectivity index (χ2n) is 5.13. The minimum Gasteiger partial charge on any atom is -0.478 e. The van der Waals surface area contributed by atoms with Gasteiger partial charge in [-0.3, -0.25) is 4.79 Å². The first-order chi connectivity index (χ1) is 9.74. The largest absolute Gasteiger partial charge is 0.478 e. The van der Waals surface area contributed by atoms with E-state index >= 15 is 0 Å². The number of thiophene rings is 1. The predicted molar refractivity (Wildman–Crippen MR) is 80.8 cm³/mol. The van der Waals surface area contributed by atoms with Crippen molar-refractivity contribution in [2.75, 3.05) is 11.1 Å². The van der Waals surface area contributed by atoms with Crippen LogP contribution >= 0.6 is 11.3 Å². The van der Waals surface area contributed by atoms with E-state index in [0.29, 0.717) is 24.8 Å². The number of carbonyl (C=O) groups excluding carboxylic acids is 1. The number of carboxylic acid groups (broad SMARTS) is 1. The van der Waals surface area contributed by atoms with E-state index in [1.54, 1.807) is 13.8 Å². The van der Waals surface area contributed by atoms with Gasteiger partial charge in [0.05, 0.1) is 11.3 Å². The SMILES string of the molecule is Cc1sc(NC(=O)C2CCCCS2(=O)=O)c(C(=O)O)c1C. The third-order valence-electron chi connectivity index (χ3n) is 3.71. The molecule has 0 aromatic carbocycles. The molecule has 1 aliphatic heterocycles. The Morgan fingerprint density at radius 2 is 1.95 bits per heavy atom. The Labute approximate surface area is 127 Å². The molecule has 0 bridgehead atoms. The van der Waals surface area contributed by atoms with Gasteiger partial charge in [0.25, 0.3) is 0 Å². The van der Waals surface area contributed by atoms with Gasteiger partial charge in [0.2, 0.25) is 5.91 Å². The van der Waals surface area contributed by atoms with Gasteiger partial charge >= 0.3 is 5.97 Å². The molecule has 6 nitrogen and oxygen atoms in total. The molecule has 1 atom stereocenters. The van der Waals surface area contributed by atoms with Crippen molar-refractivity contribution in [3.8, 4) is 0 Å². The third-order valence-corrected chi connectivity index (χ3v) is 7.00. The summed E-state index contributed by atoms with van der Waals surface area (Å²) >= 11 is 1.15. The third kappa shape index (κ3) is 3.11. The normalized spacial score (nSPS) is 21.0. The van der Waals surface area contributed by atoms with E-state index in [1.807, 2.05) is 0 Å². The molecular weight excluding hydrogens is 314 g/mol. The predicted octanol–water partition coefficient (Wildman–Crippen LogP) is 1.97. The number of amides is 1. The molecule has 1 unspecified atom stereocenters. The number of carbonyl (C=O) groups is 2. The summed E-state index contributed by atoms with van der Waals surface area (Å²) in [5.41, 5.74) is 0.633. The first kappa shape index (κ1) is 16.0. The van der Waals surface area contributed by atoms with Crippen LogP contribution in [0.2, 0.25) is 0 Å². The van der Waals surface area contributed by atoms with E-state index in [2.05, 4.69) is 5.32 Å². The fraction of sp³-hybridized carbons (Fsp3) is 0.538. The zero-order chi connectivity index (χ0) is 15.8. The topological polar surface area (TPSA) is 101 Å². The molecule has 21 heavy (non-hydrogen) atoms. The first-order valence-corrected chi connectivity index (χ1v) is 9.13. The lowest BCUT2D eigenvalue weighted by molar-refractivity contribution is -0.116. The second kappa shape index (κ2) is 5.76. The van der Waals surface area contributed by atoms with Gasteiger partial charge in [0.1, 0.15) is 10.3 Å². The smallest absolute Gasteiger partial charge is 0.338 e. The van der Waals surface area contributed by atoms with Crippen molar-refractivity contribution in [1.82, 2.24) is 0 Å². The van der Waals surface area contributed by atoms with Crippen LogP contribution in [-0.2, 0) is 14.6 Å². The van der Waals surface area contributed by atoms with E-state index in [4.69, 9.17) is 0 Å². The van der Waals surface area contributed by atoms with Crippen molar-refractivity contribution >= 4 is 38.1 Å². The van der Waals surface area contributed by atoms with Gasteiger partial charge in [-0.15, -0.1) is 11.3 Å². The Balaban J connectivity index is 2.28. The van der Waals surface area contributed by atoms with Crippen LogP contribution in [-0.4, -0.2) is 36.4 Å². The fourth-order valence-electron chi connectivity index (χ4n) is 2.41. The van der Waals surface area contributed by atoms with E-state index in [0.717, 1.165) is 16.2 Å². The molecule has 1 aliphatic rings. The van der Waals surface area contributed by atoms with Crippen molar-refractivity contribution in [3.05, 3.63) is 16.0 Å². The average molecular weight is 331 g/mol. The van der Waals surface area contributed by atoms with Gasteiger partial charge < -0.3 is 10.4 Å². The van der Waals surface area contributed by atoms with Gasteiger partial charge in [0, 0.05) is 4.88 Å². The summed E-state index contributed by atoms with van der Waals surface area (Å²) in [6, 6.07) is 0. The van der Waals surface area contributed by atoms with Crippen molar-refractivity contribution in [3.63, 3.8) is 0 Å². The van der Waals surface area contributed by atoms with E-state index in [-0.39, 0.29) is 16.3 Å². The maximum absolute atomic E-state index is 12.2. The first-order valence-electron chi connectivity index (χ1n) is 6.59. The summed E-state index contributed by atoms with van der Waals surface area (Å²) in [5.74, 6) is -1.74. The second-order valence-corrected chi connectivity index (χ2v) is 8.66. The van der Waals surface area contributed by atoms with Crippen LogP contribution in [0.25, 0.3) is 0 Å². The van der Waals surface area contributed by atoms with E-state index < -0.39 is 27.0 Å². The molecule has 1 aromatic heterocycles. The Bertz CT molecular complexity index is 690. The lowest BCUT2D eigenvalue weighted by atomic mass is 10.1. The number of hydrogen-bond acceptors (Lipinski definition) is 5. The number of rotatable bonds is 3. The van der Waals surface area contributed by atoms with Crippen LogP contribution in [0.4, 0.5) is 5.00 Å². The summed E-state index contributed by atoms with van der Waals surface area (Å²) in [7, 11) is -3.43. The Hall–Kier alpha value is -1.41. The minimum absolute atomic E-state index is 0.0133. The minimum atomic E-state index is -3.43. The highest BCUT2D eigenvalue weighted by Gasteiger charge is 2.35. The van der Waals surface area contributed by atoms with Crippen LogP contribution in [0.15, 0.2) is 0 Å². The fourth-order valence-corrected chi connectivity index (χ4v) is 5.27. The summed E-state index contributed by atoms with van der Waals surface area (Å²) in [4.78, 5) is 24.3. The number of aromatic carboxylic acids is 1. The van der Waals surface area contributed by atoms with Crippen molar-refractivity contribution in [2.24, 2.45) is 0 Å². The standard InChI is InChI=1S/C13H17NO5S2/c1-7-8(2)20-12(10(7)13(16)17)14-11(15)9-5-3-4-6-21(9,18)19/h9H,3-6H2,1-2H3,(H,14,15)(H,16,17). The summed E-state index contributed by atoms with van der Waals surface area (Å²) in [6.07, 6.45) is 1.55. The molecule has 1 fully saturated rings.